The molecule has 2 heterocycles. The summed E-state index contributed by atoms with van der Waals surface area (Å²) >= 11 is 0. The van der Waals surface area contributed by atoms with Gasteiger partial charge in [-0.3, -0.25) is 9.69 Å². The molecule has 0 N–H and O–H groups in total. The Morgan fingerprint density at radius 1 is 1.61 bits per heavy atom. The van der Waals surface area contributed by atoms with Crippen molar-refractivity contribution in [2.45, 2.75) is 26.3 Å². The van der Waals surface area contributed by atoms with Crippen LogP contribution in [-0.2, 0) is 23.1 Å². The van der Waals surface area contributed by atoms with E-state index in [0.717, 1.165) is 32.5 Å². The fourth-order valence-electron chi connectivity index (χ4n) is 2.42. The van der Waals surface area contributed by atoms with Crippen LogP contribution in [-0.4, -0.2) is 40.1 Å². The van der Waals surface area contributed by atoms with Crippen molar-refractivity contribution in [3.63, 3.8) is 0 Å². The monoisotopic (exact) mass is 251 g/mol. The summed E-state index contributed by atoms with van der Waals surface area (Å²) in [7, 11) is 2.00. The van der Waals surface area contributed by atoms with Crippen molar-refractivity contribution in [2.24, 2.45) is 13.0 Å². The summed E-state index contributed by atoms with van der Waals surface area (Å²) in [6, 6.07) is 0. The molecule has 1 fully saturated rings. The van der Waals surface area contributed by atoms with Crippen molar-refractivity contribution in [2.75, 3.05) is 19.7 Å². The van der Waals surface area contributed by atoms with Gasteiger partial charge >= 0.3 is 5.97 Å². The molecule has 1 atom stereocenters. The largest absolute Gasteiger partial charge is 0.466 e. The Morgan fingerprint density at radius 3 is 3.11 bits per heavy atom. The standard InChI is InChI=1S/C13H21N3O2/c1-3-18-13(17)11-5-4-6-16(8-11)9-12-7-14-10-15(12)2/h7,10-11H,3-6,8-9H2,1-2H3/t11-/m0/s1. The van der Waals surface area contributed by atoms with Gasteiger partial charge in [-0.1, -0.05) is 0 Å². The second-order valence-electron chi connectivity index (χ2n) is 4.82. The van der Waals surface area contributed by atoms with Gasteiger partial charge in [0.25, 0.3) is 0 Å². The second-order valence-corrected chi connectivity index (χ2v) is 4.82. The zero-order valence-electron chi connectivity index (χ0n) is 11.1. The minimum absolute atomic E-state index is 0.0342. The number of aryl methyl sites for hydroxylation is 1. The Balaban J connectivity index is 1.91. The number of hydrogen-bond acceptors (Lipinski definition) is 4. The Kier molecular flexibility index (Phi) is 4.36. The van der Waals surface area contributed by atoms with Gasteiger partial charge in [-0.25, -0.2) is 4.98 Å². The first-order valence-corrected chi connectivity index (χ1v) is 6.55. The SMILES string of the molecule is CCOC(=O)[C@H]1CCCN(Cc2cncn2C)C1. The Bertz CT molecular complexity index is 403. The molecule has 0 spiro atoms. The fourth-order valence-corrected chi connectivity index (χ4v) is 2.42. The van der Waals surface area contributed by atoms with Crippen molar-refractivity contribution in [1.29, 1.82) is 0 Å². The number of carbonyl (C=O) groups excluding carboxylic acids is 1. The number of piperidine rings is 1. The summed E-state index contributed by atoms with van der Waals surface area (Å²) in [5.74, 6) is -0.0147. The minimum atomic E-state index is -0.0489. The number of nitrogens with zero attached hydrogens (tertiary/aromatic N) is 3. The van der Waals surface area contributed by atoms with Gasteiger partial charge in [0.15, 0.2) is 0 Å². The molecule has 5 heteroatoms. The zero-order valence-corrected chi connectivity index (χ0v) is 11.1. The van der Waals surface area contributed by atoms with E-state index in [1.54, 1.807) is 0 Å². The minimum Gasteiger partial charge on any atom is -0.466 e. The first kappa shape index (κ1) is 13.1. The lowest BCUT2D eigenvalue weighted by Crippen LogP contribution is -2.39. The van der Waals surface area contributed by atoms with Crippen molar-refractivity contribution >= 4 is 5.97 Å². The maximum absolute atomic E-state index is 11.7. The predicted octanol–water partition coefficient (Wildman–Crippen LogP) is 1.20. The lowest BCUT2D eigenvalue weighted by atomic mass is 9.98. The van der Waals surface area contributed by atoms with E-state index in [9.17, 15) is 4.79 Å². The average Bonchev–Trinajstić information content (AvgIpc) is 2.76. The van der Waals surface area contributed by atoms with Crippen molar-refractivity contribution in [3.8, 4) is 0 Å². The second kappa shape index (κ2) is 6.00. The van der Waals surface area contributed by atoms with Crippen LogP contribution < -0.4 is 0 Å². The van der Waals surface area contributed by atoms with E-state index >= 15 is 0 Å². The van der Waals surface area contributed by atoms with Gasteiger partial charge in [-0.15, -0.1) is 0 Å². The molecule has 5 nitrogen and oxygen atoms in total. The topological polar surface area (TPSA) is 47.4 Å². The number of hydrogen-bond donors (Lipinski definition) is 0. The van der Waals surface area contributed by atoms with Crippen molar-refractivity contribution in [3.05, 3.63) is 18.2 Å². The highest BCUT2D eigenvalue weighted by Crippen LogP contribution is 2.19. The summed E-state index contributed by atoms with van der Waals surface area (Å²) in [4.78, 5) is 18.2. The molecule has 1 saturated heterocycles. The van der Waals surface area contributed by atoms with E-state index in [0.29, 0.717) is 6.61 Å². The first-order valence-electron chi connectivity index (χ1n) is 6.55. The molecule has 2 rings (SSSR count). The highest BCUT2D eigenvalue weighted by Gasteiger charge is 2.26. The van der Waals surface area contributed by atoms with E-state index in [-0.39, 0.29) is 11.9 Å². The quantitative estimate of drug-likeness (QED) is 0.754. The maximum Gasteiger partial charge on any atom is 0.310 e. The van der Waals surface area contributed by atoms with Crippen LogP contribution in [0.4, 0.5) is 0 Å². The summed E-state index contributed by atoms with van der Waals surface area (Å²) < 4.78 is 7.13. The van der Waals surface area contributed by atoms with Gasteiger partial charge < -0.3 is 9.30 Å². The van der Waals surface area contributed by atoms with Crippen LogP contribution in [0.25, 0.3) is 0 Å². The molecule has 0 aromatic carbocycles. The molecule has 1 aromatic rings. The Labute approximate surface area is 108 Å². The zero-order chi connectivity index (χ0) is 13.0. The number of imidazole rings is 1. The van der Waals surface area contributed by atoms with E-state index in [2.05, 4.69) is 9.88 Å². The van der Waals surface area contributed by atoms with Crippen LogP contribution in [0.5, 0.6) is 0 Å². The molecule has 0 amide bonds. The number of carbonyl (C=O) groups is 1. The number of esters is 1. The van der Waals surface area contributed by atoms with Gasteiger partial charge in [0.2, 0.25) is 0 Å². The number of aromatic nitrogens is 2. The number of ether oxygens (including phenoxy) is 1. The van der Waals surface area contributed by atoms with Crippen LogP contribution in [0.3, 0.4) is 0 Å². The summed E-state index contributed by atoms with van der Waals surface area (Å²) in [5.41, 5.74) is 1.18. The molecule has 1 aromatic heterocycles. The molecule has 0 radical (unpaired) electrons. The molecule has 100 valence electrons. The van der Waals surface area contributed by atoms with Crippen LogP contribution >= 0.6 is 0 Å². The Morgan fingerprint density at radius 2 is 2.44 bits per heavy atom. The molecule has 0 aliphatic carbocycles. The van der Waals surface area contributed by atoms with E-state index in [1.165, 1.54) is 5.69 Å². The molecule has 18 heavy (non-hydrogen) atoms. The van der Waals surface area contributed by atoms with Crippen molar-refractivity contribution in [1.82, 2.24) is 14.5 Å². The third-order valence-electron chi connectivity index (χ3n) is 3.43. The van der Waals surface area contributed by atoms with E-state index in [1.807, 2.05) is 31.1 Å². The molecular formula is C13H21N3O2. The highest BCUT2D eigenvalue weighted by atomic mass is 16.5. The summed E-state index contributed by atoms with van der Waals surface area (Å²) in [6.45, 7) is 5.02. The molecule has 1 aliphatic heterocycles. The van der Waals surface area contributed by atoms with Gasteiger partial charge in [0, 0.05) is 26.3 Å². The third kappa shape index (κ3) is 3.10. The van der Waals surface area contributed by atoms with E-state index < -0.39 is 0 Å². The number of likely N-dealkylation sites (tertiary alicyclic amines) is 1. The highest BCUT2D eigenvalue weighted by molar-refractivity contribution is 5.72. The van der Waals surface area contributed by atoms with Gasteiger partial charge in [-0.05, 0) is 26.3 Å². The summed E-state index contributed by atoms with van der Waals surface area (Å²) in [5, 5.41) is 0. The predicted molar refractivity (Wildman–Crippen MR) is 67.8 cm³/mol. The van der Waals surface area contributed by atoms with Gasteiger partial charge in [-0.2, -0.15) is 0 Å². The molecule has 0 saturated carbocycles. The molecule has 0 bridgehead atoms. The normalized spacial score (nSPS) is 20.9. The van der Waals surface area contributed by atoms with Gasteiger partial charge in [0.1, 0.15) is 0 Å². The molecule has 0 unspecified atom stereocenters. The lowest BCUT2D eigenvalue weighted by molar-refractivity contribution is -0.150. The number of rotatable bonds is 4. The third-order valence-corrected chi connectivity index (χ3v) is 3.43. The molecular weight excluding hydrogens is 230 g/mol. The fraction of sp³-hybridized carbons (Fsp3) is 0.692. The van der Waals surface area contributed by atoms with Crippen LogP contribution in [0.2, 0.25) is 0 Å². The Hall–Kier alpha value is -1.36. The first-order chi connectivity index (χ1) is 8.70. The summed E-state index contributed by atoms with van der Waals surface area (Å²) in [6.07, 6.45) is 5.69. The van der Waals surface area contributed by atoms with Crippen LogP contribution in [0, 0.1) is 5.92 Å². The van der Waals surface area contributed by atoms with Crippen LogP contribution in [0.1, 0.15) is 25.5 Å². The molecule has 1 aliphatic rings. The van der Waals surface area contributed by atoms with Gasteiger partial charge in [0.05, 0.1) is 24.5 Å². The average molecular weight is 251 g/mol. The maximum atomic E-state index is 11.7. The van der Waals surface area contributed by atoms with Crippen molar-refractivity contribution < 1.29 is 9.53 Å². The lowest BCUT2D eigenvalue weighted by Gasteiger charge is -2.31. The van der Waals surface area contributed by atoms with Crippen LogP contribution in [0.15, 0.2) is 12.5 Å². The smallest absolute Gasteiger partial charge is 0.310 e. The van der Waals surface area contributed by atoms with E-state index in [4.69, 9.17) is 4.74 Å².